The van der Waals surface area contributed by atoms with Crippen molar-refractivity contribution in [2.24, 2.45) is 5.92 Å². The zero-order chi connectivity index (χ0) is 29.3. The number of thiazole rings is 1. The highest BCUT2D eigenvalue weighted by Crippen LogP contribution is 2.36. The quantitative estimate of drug-likeness (QED) is 0.297. The van der Waals surface area contributed by atoms with Crippen molar-refractivity contribution in [1.29, 1.82) is 0 Å². The molecular formula is C28H31FN4O6S2. The molecule has 2 aromatic carbocycles. The molecule has 1 unspecified atom stereocenters. The van der Waals surface area contributed by atoms with Crippen molar-refractivity contribution < 1.29 is 31.9 Å². The molecule has 2 saturated carbocycles. The predicted molar refractivity (Wildman–Crippen MR) is 154 cm³/mol. The van der Waals surface area contributed by atoms with Gasteiger partial charge in [0.15, 0.2) is 15.1 Å². The van der Waals surface area contributed by atoms with Gasteiger partial charge in [0.25, 0.3) is 0 Å². The maximum atomic E-state index is 15.2. The van der Waals surface area contributed by atoms with Crippen molar-refractivity contribution in [2.45, 2.75) is 56.1 Å². The zero-order valence-corrected chi connectivity index (χ0v) is 24.2. The third-order valence-corrected chi connectivity index (χ3v) is 10.5. The number of nitrogens with zero attached hydrogens (tertiary/aromatic N) is 1. The Hall–Kier alpha value is -3.58. The second-order valence-corrected chi connectivity index (χ2v) is 14.3. The molecule has 3 amide bonds. The van der Waals surface area contributed by atoms with Crippen LogP contribution in [0.1, 0.15) is 49.8 Å². The number of nitrogens with one attached hydrogen (secondary N) is 3. The fourth-order valence-corrected chi connectivity index (χ4v) is 6.88. The Labute approximate surface area is 241 Å². The predicted octanol–water partition coefficient (Wildman–Crippen LogP) is 4.32. The van der Waals surface area contributed by atoms with Gasteiger partial charge in [-0.15, -0.1) is 11.3 Å². The average Bonchev–Trinajstić information content (AvgIpc) is 3.85. The summed E-state index contributed by atoms with van der Waals surface area (Å²) in [5, 5.41) is 5.26. The maximum Gasteiger partial charge on any atom is 0.411 e. The number of hydrogen-bond donors (Lipinski definition) is 3. The average molecular weight is 603 g/mol. The number of halogens is 1. The first-order valence-corrected chi connectivity index (χ1v) is 15.9. The lowest BCUT2D eigenvalue weighted by atomic mass is 10.0. The number of ether oxygens (including phenoxy) is 1. The number of carbonyl (C=O) groups excluding carboxylic acids is 3. The van der Waals surface area contributed by atoms with Crippen molar-refractivity contribution in [3.8, 4) is 11.1 Å². The molecule has 3 N–H and O–H groups in total. The summed E-state index contributed by atoms with van der Waals surface area (Å²) in [4.78, 5) is 41.4. The lowest BCUT2D eigenvalue weighted by Gasteiger charge is -2.17. The smallest absolute Gasteiger partial charge is 0.411 e. The first kappa shape index (κ1) is 28.9. The summed E-state index contributed by atoms with van der Waals surface area (Å²) in [6.07, 6.45) is 3.35. The normalized spacial score (nSPS) is 15.9. The van der Waals surface area contributed by atoms with E-state index < -0.39 is 44.1 Å². The van der Waals surface area contributed by atoms with Crippen molar-refractivity contribution >= 4 is 55.0 Å². The molecule has 2 fully saturated rings. The molecule has 1 heterocycles. The van der Waals surface area contributed by atoms with E-state index in [9.17, 15) is 22.8 Å². The number of anilines is 1. The van der Waals surface area contributed by atoms with Crippen LogP contribution in [0.15, 0.2) is 36.4 Å². The van der Waals surface area contributed by atoms with Gasteiger partial charge in [0, 0.05) is 23.4 Å². The van der Waals surface area contributed by atoms with E-state index >= 15 is 4.39 Å². The summed E-state index contributed by atoms with van der Waals surface area (Å²) in [6, 6.07) is 9.41. The minimum Gasteiger partial charge on any atom is -0.449 e. The van der Waals surface area contributed by atoms with Crippen LogP contribution in [0, 0.1) is 11.7 Å². The van der Waals surface area contributed by atoms with E-state index in [0.717, 1.165) is 37.0 Å². The molecule has 0 bridgehead atoms. The molecule has 5 rings (SSSR count). The fraction of sp³-hybridized carbons (Fsp3) is 0.429. The highest BCUT2D eigenvalue weighted by molar-refractivity contribution is 7.93. The molecule has 1 atom stereocenters. The number of benzene rings is 2. The molecule has 0 spiro atoms. The lowest BCUT2D eigenvalue weighted by molar-refractivity contribution is -0.126. The van der Waals surface area contributed by atoms with Gasteiger partial charge in [-0.25, -0.2) is 22.6 Å². The Bertz CT molecular complexity index is 1580. The second-order valence-electron chi connectivity index (χ2n) is 10.7. The van der Waals surface area contributed by atoms with Gasteiger partial charge in [-0.2, -0.15) is 0 Å². The number of hydrogen-bond acceptors (Lipinski definition) is 8. The van der Waals surface area contributed by atoms with E-state index in [-0.39, 0.29) is 28.7 Å². The van der Waals surface area contributed by atoms with Gasteiger partial charge in [0.05, 0.1) is 28.6 Å². The third-order valence-electron chi connectivity index (χ3n) is 6.90. The third kappa shape index (κ3) is 7.02. The molecule has 41 heavy (non-hydrogen) atoms. The van der Waals surface area contributed by atoms with Crippen LogP contribution < -0.4 is 16.0 Å². The topological polar surface area (TPSA) is 144 Å². The Kier molecular flexibility index (Phi) is 8.28. The molecule has 2 aliphatic carbocycles. The highest BCUT2D eigenvalue weighted by atomic mass is 32.2. The number of rotatable bonds is 11. The van der Waals surface area contributed by atoms with Gasteiger partial charge in [0.1, 0.15) is 10.8 Å². The highest BCUT2D eigenvalue weighted by Gasteiger charge is 2.39. The van der Waals surface area contributed by atoms with E-state index in [0.29, 0.717) is 28.5 Å². The van der Waals surface area contributed by atoms with E-state index in [1.54, 1.807) is 30.3 Å². The van der Waals surface area contributed by atoms with Crippen LogP contribution in [0.5, 0.6) is 0 Å². The van der Waals surface area contributed by atoms with E-state index in [1.165, 1.54) is 19.9 Å². The van der Waals surface area contributed by atoms with Crippen LogP contribution in [0.4, 0.5) is 14.9 Å². The first-order valence-electron chi connectivity index (χ1n) is 13.4. The van der Waals surface area contributed by atoms with Gasteiger partial charge in [0.2, 0.25) is 11.8 Å². The lowest BCUT2D eigenvalue weighted by Crippen LogP contribution is -2.42. The maximum absolute atomic E-state index is 15.2. The van der Waals surface area contributed by atoms with Gasteiger partial charge in [-0.1, -0.05) is 12.1 Å². The number of fused-ring (bicyclic) bond motifs is 1. The minimum absolute atomic E-state index is 0.00499. The minimum atomic E-state index is -4.02. The Morgan fingerprint density at radius 2 is 1.80 bits per heavy atom. The van der Waals surface area contributed by atoms with E-state index in [1.807, 2.05) is 0 Å². The summed E-state index contributed by atoms with van der Waals surface area (Å²) in [6.45, 7) is 2.96. The Morgan fingerprint density at radius 1 is 1.10 bits per heavy atom. The molecular weight excluding hydrogens is 571 g/mol. The van der Waals surface area contributed by atoms with E-state index in [4.69, 9.17) is 4.74 Å². The monoisotopic (exact) mass is 602 g/mol. The molecule has 218 valence electrons. The summed E-state index contributed by atoms with van der Waals surface area (Å²) < 4.78 is 47.3. The van der Waals surface area contributed by atoms with Gasteiger partial charge in [-0.05, 0) is 69.2 Å². The number of sulfone groups is 1. The van der Waals surface area contributed by atoms with Gasteiger partial charge < -0.3 is 15.4 Å². The Morgan fingerprint density at radius 3 is 2.44 bits per heavy atom. The molecule has 1 aromatic heterocycles. The Balaban J connectivity index is 1.36. The van der Waals surface area contributed by atoms with Crippen LogP contribution in [0.3, 0.4) is 0 Å². The molecule has 2 aliphatic rings. The summed E-state index contributed by atoms with van der Waals surface area (Å²) in [5.74, 6) is -1.39. The summed E-state index contributed by atoms with van der Waals surface area (Å²) in [7, 11) is -4.02. The SMILES string of the molecule is CC(C)S(=O)(=O)C(C(=O)NCC(=O)NC1CC1)c1nc2cc(F)c(-c3ccc(NC(=O)OCC4CC4)cc3)cc2s1. The van der Waals surface area contributed by atoms with Crippen LogP contribution in [0.25, 0.3) is 21.3 Å². The number of amides is 3. The molecule has 0 saturated heterocycles. The van der Waals surface area contributed by atoms with Crippen LogP contribution in [-0.4, -0.2) is 55.8 Å². The van der Waals surface area contributed by atoms with Gasteiger partial charge in [-0.3, -0.25) is 14.9 Å². The van der Waals surface area contributed by atoms with Crippen molar-refractivity contribution in [3.63, 3.8) is 0 Å². The van der Waals surface area contributed by atoms with E-state index in [2.05, 4.69) is 20.9 Å². The molecule has 0 aliphatic heterocycles. The van der Waals surface area contributed by atoms with Crippen LogP contribution >= 0.6 is 11.3 Å². The zero-order valence-electron chi connectivity index (χ0n) is 22.6. The van der Waals surface area contributed by atoms with Crippen LogP contribution in [-0.2, 0) is 24.2 Å². The molecule has 3 aromatic rings. The molecule has 13 heteroatoms. The molecule has 0 radical (unpaired) electrons. The summed E-state index contributed by atoms with van der Waals surface area (Å²) in [5.41, 5.74) is 1.49. The fourth-order valence-electron chi connectivity index (χ4n) is 4.11. The standard InChI is InChI=1S/C28H31FN4O6S2/c1-15(2)41(37,38)25(26(35)30-13-24(34)31-18-9-10-18)27-33-22-12-21(29)20(11-23(22)40-27)17-5-7-19(8-6-17)32-28(36)39-14-16-3-4-16/h5-8,11-12,15-16,18,25H,3-4,9-10,13-14H2,1-2H3,(H,30,35)(H,31,34)(H,32,36). The van der Waals surface area contributed by atoms with Crippen molar-refractivity contribution in [1.82, 2.24) is 15.6 Å². The van der Waals surface area contributed by atoms with Crippen molar-refractivity contribution in [2.75, 3.05) is 18.5 Å². The number of carbonyl (C=O) groups is 3. The van der Waals surface area contributed by atoms with Crippen molar-refractivity contribution in [3.05, 3.63) is 47.2 Å². The first-order chi connectivity index (χ1) is 19.5. The molecule has 10 nitrogen and oxygen atoms in total. The number of aromatic nitrogens is 1. The second kappa shape index (κ2) is 11.7. The largest absolute Gasteiger partial charge is 0.449 e. The summed E-state index contributed by atoms with van der Waals surface area (Å²) >= 11 is 0.983. The van der Waals surface area contributed by atoms with Gasteiger partial charge >= 0.3 is 6.09 Å². The van der Waals surface area contributed by atoms with Crippen LogP contribution in [0.2, 0.25) is 0 Å².